The number of pyridine rings is 1. The molecule has 0 amide bonds. The first-order valence-electron chi connectivity index (χ1n) is 4.83. The zero-order valence-electron chi connectivity index (χ0n) is 9.08. The third kappa shape index (κ3) is 3.72. The maximum atomic E-state index is 12.8. The minimum atomic E-state index is -4.19. The van der Waals surface area contributed by atoms with Gasteiger partial charge in [-0.05, 0) is 12.5 Å². The van der Waals surface area contributed by atoms with Gasteiger partial charge in [-0.3, -0.25) is 9.78 Å². The second kappa shape index (κ2) is 5.85. The smallest absolute Gasteiger partial charge is 0.321 e. The third-order valence-electron chi connectivity index (χ3n) is 2.00. The van der Waals surface area contributed by atoms with Crippen LogP contribution in [-0.4, -0.2) is 42.2 Å². The molecule has 18 heavy (non-hydrogen) atoms. The maximum Gasteiger partial charge on any atom is 0.321 e. The first kappa shape index (κ1) is 14.5. The van der Waals surface area contributed by atoms with Gasteiger partial charge in [-0.1, -0.05) is 0 Å². The van der Waals surface area contributed by atoms with E-state index in [9.17, 15) is 17.6 Å². The van der Waals surface area contributed by atoms with Crippen molar-refractivity contribution in [2.24, 2.45) is 0 Å². The van der Waals surface area contributed by atoms with E-state index in [0.717, 1.165) is 12.4 Å². The molecule has 1 aromatic rings. The molecule has 1 heterocycles. The molecule has 0 aliphatic rings. The summed E-state index contributed by atoms with van der Waals surface area (Å²) < 4.78 is 38.1. The molecule has 7 nitrogen and oxygen atoms in total. The van der Waals surface area contributed by atoms with Crippen LogP contribution in [-0.2, 0) is 14.8 Å². The molecular formula is C9H11FN2O5S. The number of aromatic nitrogens is 1. The summed E-state index contributed by atoms with van der Waals surface area (Å²) in [6, 6.07) is -0.768. The van der Waals surface area contributed by atoms with Crippen LogP contribution in [0.4, 0.5) is 4.39 Å². The molecule has 0 spiro atoms. The van der Waals surface area contributed by atoms with Gasteiger partial charge in [-0.15, -0.1) is 0 Å². The van der Waals surface area contributed by atoms with Gasteiger partial charge >= 0.3 is 5.97 Å². The number of carboxylic acids is 1. The van der Waals surface area contributed by atoms with E-state index in [4.69, 9.17) is 10.2 Å². The van der Waals surface area contributed by atoms with Crippen LogP contribution in [0.25, 0.3) is 0 Å². The summed E-state index contributed by atoms with van der Waals surface area (Å²) in [5, 5.41) is 17.4. The van der Waals surface area contributed by atoms with Crippen LogP contribution in [0.15, 0.2) is 23.4 Å². The van der Waals surface area contributed by atoms with Gasteiger partial charge in [0.05, 0.1) is 6.20 Å². The molecular weight excluding hydrogens is 267 g/mol. The Morgan fingerprint density at radius 1 is 1.50 bits per heavy atom. The Labute approximate surface area is 102 Å². The standard InChI is InChI=1S/C9H11FN2O5S/c10-6-3-7(5-11-4-6)18(16,17)12-8(1-2-13)9(14)15/h3-5,8,12-13H,1-2H2,(H,14,15)/t8-/m0/s1. The molecule has 3 N–H and O–H groups in total. The van der Waals surface area contributed by atoms with E-state index < -0.39 is 39.4 Å². The average molecular weight is 278 g/mol. The molecule has 0 aliphatic carbocycles. The summed E-state index contributed by atoms with van der Waals surface area (Å²) >= 11 is 0. The number of nitrogens with one attached hydrogen (secondary N) is 1. The van der Waals surface area contributed by atoms with Crippen molar-refractivity contribution in [3.8, 4) is 0 Å². The number of hydrogen-bond donors (Lipinski definition) is 3. The number of carbonyl (C=O) groups is 1. The van der Waals surface area contributed by atoms with Crippen molar-refractivity contribution >= 4 is 16.0 Å². The van der Waals surface area contributed by atoms with E-state index in [-0.39, 0.29) is 6.42 Å². The summed E-state index contributed by atoms with van der Waals surface area (Å²) in [5.74, 6) is -2.29. The van der Waals surface area contributed by atoms with Crippen LogP contribution in [0, 0.1) is 5.82 Å². The number of sulfonamides is 1. The fraction of sp³-hybridized carbons (Fsp3) is 0.333. The molecule has 9 heteroatoms. The van der Waals surface area contributed by atoms with Gasteiger partial charge in [0.15, 0.2) is 0 Å². The van der Waals surface area contributed by atoms with Gasteiger partial charge in [-0.2, -0.15) is 4.72 Å². The lowest BCUT2D eigenvalue weighted by atomic mass is 10.2. The maximum absolute atomic E-state index is 12.8. The molecule has 1 rings (SSSR count). The molecule has 100 valence electrons. The molecule has 0 aliphatic heterocycles. The number of rotatable bonds is 6. The molecule has 0 fully saturated rings. The van der Waals surface area contributed by atoms with Crippen LogP contribution >= 0.6 is 0 Å². The van der Waals surface area contributed by atoms with Crippen molar-refractivity contribution in [2.45, 2.75) is 17.4 Å². The van der Waals surface area contributed by atoms with Crippen molar-refractivity contribution in [3.63, 3.8) is 0 Å². The summed E-state index contributed by atoms with van der Waals surface area (Å²) in [4.78, 5) is 13.6. The van der Waals surface area contributed by atoms with E-state index in [2.05, 4.69) is 4.98 Å². The third-order valence-corrected chi connectivity index (χ3v) is 3.44. The zero-order valence-corrected chi connectivity index (χ0v) is 9.89. The molecule has 0 radical (unpaired) electrons. The van der Waals surface area contributed by atoms with Gasteiger partial charge in [-0.25, -0.2) is 12.8 Å². The number of nitrogens with zero attached hydrogens (tertiary/aromatic N) is 1. The molecule has 0 bridgehead atoms. The lowest BCUT2D eigenvalue weighted by Crippen LogP contribution is -2.41. The first-order valence-corrected chi connectivity index (χ1v) is 6.31. The largest absolute Gasteiger partial charge is 0.480 e. The highest BCUT2D eigenvalue weighted by Gasteiger charge is 2.25. The zero-order chi connectivity index (χ0) is 13.8. The van der Waals surface area contributed by atoms with Crippen molar-refractivity contribution in [2.75, 3.05) is 6.61 Å². The van der Waals surface area contributed by atoms with Gasteiger partial charge in [0.25, 0.3) is 0 Å². The number of halogens is 1. The van der Waals surface area contributed by atoms with E-state index in [1.165, 1.54) is 0 Å². The fourth-order valence-corrected chi connectivity index (χ4v) is 2.35. The Bertz CT molecular complexity index is 534. The van der Waals surface area contributed by atoms with Crippen molar-refractivity contribution in [1.82, 2.24) is 9.71 Å². The number of hydrogen-bond acceptors (Lipinski definition) is 5. The lowest BCUT2D eigenvalue weighted by molar-refractivity contribution is -0.139. The molecule has 0 aromatic carbocycles. The SMILES string of the molecule is O=C(O)[C@H](CCO)NS(=O)(=O)c1cncc(F)c1. The Morgan fingerprint density at radius 3 is 2.67 bits per heavy atom. The topological polar surface area (TPSA) is 117 Å². The second-order valence-electron chi connectivity index (χ2n) is 3.36. The minimum Gasteiger partial charge on any atom is -0.480 e. The average Bonchev–Trinajstić information content (AvgIpc) is 2.28. The molecule has 0 saturated carbocycles. The molecule has 0 saturated heterocycles. The predicted molar refractivity (Wildman–Crippen MR) is 57.6 cm³/mol. The lowest BCUT2D eigenvalue weighted by Gasteiger charge is -2.13. The molecule has 0 unspecified atom stereocenters. The Morgan fingerprint density at radius 2 is 2.17 bits per heavy atom. The van der Waals surface area contributed by atoms with Crippen LogP contribution in [0.3, 0.4) is 0 Å². The summed E-state index contributed by atoms with van der Waals surface area (Å²) in [5.41, 5.74) is 0. The normalized spacial score (nSPS) is 13.2. The Hall–Kier alpha value is -1.58. The van der Waals surface area contributed by atoms with Gasteiger partial charge < -0.3 is 10.2 Å². The summed E-state index contributed by atoms with van der Waals surface area (Å²) in [6.07, 6.45) is 1.42. The fourth-order valence-electron chi connectivity index (χ4n) is 1.16. The number of aliphatic carboxylic acids is 1. The van der Waals surface area contributed by atoms with Gasteiger partial charge in [0.2, 0.25) is 10.0 Å². The highest BCUT2D eigenvalue weighted by molar-refractivity contribution is 7.89. The van der Waals surface area contributed by atoms with Crippen molar-refractivity contribution in [1.29, 1.82) is 0 Å². The minimum absolute atomic E-state index is 0.294. The van der Waals surface area contributed by atoms with Crippen molar-refractivity contribution in [3.05, 3.63) is 24.3 Å². The van der Waals surface area contributed by atoms with Crippen LogP contribution < -0.4 is 4.72 Å². The number of carboxylic acid groups (broad SMARTS) is 1. The van der Waals surface area contributed by atoms with Crippen LogP contribution in [0.5, 0.6) is 0 Å². The monoisotopic (exact) mass is 278 g/mol. The quantitative estimate of drug-likeness (QED) is 0.635. The summed E-state index contributed by atoms with van der Waals surface area (Å²) in [6.45, 7) is -0.499. The number of aliphatic hydroxyl groups is 1. The van der Waals surface area contributed by atoms with Crippen molar-refractivity contribution < 1.29 is 27.8 Å². The summed E-state index contributed by atoms with van der Waals surface area (Å²) in [7, 11) is -4.19. The highest BCUT2D eigenvalue weighted by Crippen LogP contribution is 2.10. The Kier molecular flexibility index (Phi) is 4.70. The number of aliphatic hydroxyl groups excluding tert-OH is 1. The molecule has 1 atom stereocenters. The van der Waals surface area contributed by atoms with Crippen LogP contribution in [0.1, 0.15) is 6.42 Å². The predicted octanol–water partition coefficient (Wildman–Crippen LogP) is -0.665. The van der Waals surface area contributed by atoms with E-state index >= 15 is 0 Å². The first-order chi connectivity index (χ1) is 8.36. The highest BCUT2D eigenvalue weighted by atomic mass is 32.2. The Balaban J connectivity index is 2.97. The van der Waals surface area contributed by atoms with Crippen LogP contribution in [0.2, 0.25) is 0 Å². The second-order valence-corrected chi connectivity index (χ2v) is 5.08. The van der Waals surface area contributed by atoms with E-state index in [1.54, 1.807) is 0 Å². The van der Waals surface area contributed by atoms with Gasteiger partial charge in [0, 0.05) is 12.8 Å². The van der Waals surface area contributed by atoms with E-state index in [0.29, 0.717) is 6.07 Å². The van der Waals surface area contributed by atoms with Gasteiger partial charge in [0.1, 0.15) is 16.8 Å². The van der Waals surface area contributed by atoms with E-state index in [1.807, 2.05) is 4.72 Å². The molecule has 1 aromatic heterocycles.